The number of rotatable bonds is 7. The Bertz CT molecular complexity index is 359. The summed E-state index contributed by atoms with van der Waals surface area (Å²) in [6.45, 7) is 4.62. The minimum absolute atomic E-state index is 0.0153. The molecule has 0 bridgehead atoms. The van der Waals surface area contributed by atoms with Crippen LogP contribution >= 0.6 is 0 Å². The van der Waals surface area contributed by atoms with Crippen molar-refractivity contribution >= 4 is 5.91 Å². The number of hydrogen-bond acceptors (Lipinski definition) is 3. The molecule has 0 spiro atoms. The zero-order chi connectivity index (χ0) is 13.4. The number of nitrogens with one attached hydrogen (secondary N) is 1. The predicted octanol–water partition coefficient (Wildman–Crippen LogP) is 2.03. The Kier molecular flexibility index (Phi) is 6.22. The van der Waals surface area contributed by atoms with Crippen LogP contribution in [0.1, 0.15) is 32.3 Å². The Balaban J connectivity index is 2.45. The molecule has 0 aliphatic carbocycles. The Labute approximate surface area is 108 Å². The number of amides is 1. The van der Waals surface area contributed by atoms with Gasteiger partial charge in [0.05, 0.1) is 0 Å². The van der Waals surface area contributed by atoms with Crippen LogP contribution in [0.5, 0.6) is 5.75 Å². The van der Waals surface area contributed by atoms with Gasteiger partial charge in [0.25, 0.3) is 5.91 Å². The van der Waals surface area contributed by atoms with E-state index >= 15 is 0 Å². The summed E-state index contributed by atoms with van der Waals surface area (Å²) >= 11 is 0. The van der Waals surface area contributed by atoms with Gasteiger partial charge in [0.2, 0.25) is 0 Å². The molecule has 0 aliphatic rings. The van der Waals surface area contributed by atoms with E-state index in [9.17, 15) is 4.79 Å². The van der Waals surface area contributed by atoms with Crippen LogP contribution in [0.4, 0.5) is 0 Å². The maximum atomic E-state index is 11.7. The van der Waals surface area contributed by atoms with Gasteiger partial charge in [0, 0.05) is 5.92 Å². The van der Waals surface area contributed by atoms with Gasteiger partial charge in [-0.2, -0.15) is 5.48 Å². The topological polar surface area (TPSA) is 64.3 Å². The van der Waals surface area contributed by atoms with Gasteiger partial charge in [-0.1, -0.05) is 26.0 Å². The third-order valence-corrected chi connectivity index (χ3v) is 2.98. The SMILES string of the molecule is CCC(CC)C(=O)NOc1ccc(CCN)cc1. The Morgan fingerprint density at radius 1 is 1.28 bits per heavy atom. The number of hydroxylamine groups is 1. The van der Waals surface area contributed by atoms with E-state index in [4.69, 9.17) is 10.6 Å². The van der Waals surface area contributed by atoms with E-state index < -0.39 is 0 Å². The molecule has 0 saturated heterocycles. The first-order valence-electron chi connectivity index (χ1n) is 6.46. The van der Waals surface area contributed by atoms with Crippen molar-refractivity contribution in [3.05, 3.63) is 29.8 Å². The molecule has 3 N–H and O–H groups in total. The number of benzene rings is 1. The van der Waals surface area contributed by atoms with Crippen LogP contribution in [0.2, 0.25) is 0 Å². The van der Waals surface area contributed by atoms with Crippen LogP contribution in [-0.4, -0.2) is 12.5 Å². The lowest BCUT2D eigenvalue weighted by molar-refractivity contribution is -0.132. The van der Waals surface area contributed by atoms with Crippen LogP contribution in [0.25, 0.3) is 0 Å². The minimum Gasteiger partial charge on any atom is -0.380 e. The van der Waals surface area contributed by atoms with Crippen LogP contribution < -0.4 is 16.1 Å². The lowest BCUT2D eigenvalue weighted by Crippen LogP contribution is -2.32. The van der Waals surface area contributed by atoms with E-state index in [0.29, 0.717) is 12.3 Å². The summed E-state index contributed by atoms with van der Waals surface area (Å²) in [7, 11) is 0. The summed E-state index contributed by atoms with van der Waals surface area (Å²) in [5.74, 6) is 0.586. The summed E-state index contributed by atoms with van der Waals surface area (Å²) in [4.78, 5) is 17.0. The molecule has 0 fully saturated rings. The molecular weight excluding hydrogens is 228 g/mol. The molecule has 0 atom stereocenters. The molecule has 0 aliphatic heterocycles. The van der Waals surface area contributed by atoms with Crippen molar-refractivity contribution in [2.75, 3.05) is 6.54 Å². The molecule has 0 saturated carbocycles. The summed E-state index contributed by atoms with van der Waals surface area (Å²) in [5.41, 5.74) is 9.12. The molecule has 18 heavy (non-hydrogen) atoms. The lowest BCUT2D eigenvalue weighted by Gasteiger charge is -2.13. The van der Waals surface area contributed by atoms with Crippen LogP contribution in [0, 0.1) is 5.92 Å². The molecular formula is C14H22N2O2. The number of carbonyl (C=O) groups is 1. The van der Waals surface area contributed by atoms with Crippen LogP contribution in [0.15, 0.2) is 24.3 Å². The van der Waals surface area contributed by atoms with Crippen molar-refractivity contribution in [1.82, 2.24) is 5.48 Å². The van der Waals surface area contributed by atoms with E-state index in [2.05, 4.69) is 5.48 Å². The van der Waals surface area contributed by atoms with Gasteiger partial charge >= 0.3 is 0 Å². The maximum absolute atomic E-state index is 11.7. The van der Waals surface area contributed by atoms with Gasteiger partial charge in [-0.25, -0.2) is 0 Å². The maximum Gasteiger partial charge on any atom is 0.255 e. The van der Waals surface area contributed by atoms with Crippen molar-refractivity contribution in [3.63, 3.8) is 0 Å². The first-order chi connectivity index (χ1) is 8.71. The molecule has 1 amide bonds. The van der Waals surface area contributed by atoms with Crippen molar-refractivity contribution in [2.45, 2.75) is 33.1 Å². The largest absolute Gasteiger partial charge is 0.380 e. The summed E-state index contributed by atoms with van der Waals surface area (Å²) in [6.07, 6.45) is 2.49. The predicted molar refractivity (Wildman–Crippen MR) is 72.0 cm³/mol. The Hall–Kier alpha value is -1.55. The van der Waals surface area contributed by atoms with Crippen LogP contribution in [-0.2, 0) is 11.2 Å². The van der Waals surface area contributed by atoms with E-state index in [1.807, 2.05) is 38.1 Å². The molecule has 0 heterocycles. The zero-order valence-corrected chi connectivity index (χ0v) is 11.1. The minimum atomic E-state index is -0.0639. The quantitative estimate of drug-likeness (QED) is 0.728. The molecule has 100 valence electrons. The van der Waals surface area contributed by atoms with Crippen molar-refractivity contribution < 1.29 is 9.63 Å². The average Bonchev–Trinajstić information content (AvgIpc) is 2.40. The number of nitrogens with two attached hydrogens (primary N) is 1. The van der Waals surface area contributed by atoms with Gasteiger partial charge in [-0.3, -0.25) is 4.79 Å². The second-order valence-corrected chi connectivity index (χ2v) is 4.26. The molecule has 0 aromatic heterocycles. The highest BCUT2D eigenvalue weighted by Gasteiger charge is 2.14. The van der Waals surface area contributed by atoms with Crippen molar-refractivity contribution in [2.24, 2.45) is 11.7 Å². The standard InChI is InChI=1S/C14H22N2O2/c1-3-12(4-2)14(17)16-18-13-7-5-11(6-8-13)9-10-15/h5-8,12H,3-4,9-10,15H2,1-2H3,(H,16,17). The number of carbonyl (C=O) groups excluding carboxylic acids is 1. The third kappa shape index (κ3) is 4.37. The zero-order valence-electron chi connectivity index (χ0n) is 11.1. The molecule has 1 rings (SSSR count). The third-order valence-electron chi connectivity index (χ3n) is 2.98. The van der Waals surface area contributed by atoms with Crippen molar-refractivity contribution in [3.8, 4) is 5.75 Å². The number of hydrogen-bond donors (Lipinski definition) is 2. The first kappa shape index (κ1) is 14.5. The van der Waals surface area contributed by atoms with E-state index in [1.54, 1.807) is 0 Å². The smallest absolute Gasteiger partial charge is 0.255 e. The Morgan fingerprint density at radius 2 is 1.89 bits per heavy atom. The monoisotopic (exact) mass is 250 g/mol. The second kappa shape index (κ2) is 7.71. The molecule has 0 radical (unpaired) electrons. The normalized spacial score (nSPS) is 10.4. The van der Waals surface area contributed by atoms with E-state index in [-0.39, 0.29) is 11.8 Å². The first-order valence-corrected chi connectivity index (χ1v) is 6.46. The highest BCUT2D eigenvalue weighted by atomic mass is 16.7. The highest BCUT2D eigenvalue weighted by Crippen LogP contribution is 2.12. The van der Waals surface area contributed by atoms with Crippen LogP contribution in [0.3, 0.4) is 0 Å². The van der Waals surface area contributed by atoms with Gasteiger partial charge in [0.15, 0.2) is 5.75 Å². The molecule has 4 heteroatoms. The van der Waals surface area contributed by atoms with Crippen molar-refractivity contribution in [1.29, 1.82) is 0 Å². The Morgan fingerprint density at radius 3 is 2.39 bits per heavy atom. The van der Waals surface area contributed by atoms with E-state index in [0.717, 1.165) is 24.8 Å². The highest BCUT2D eigenvalue weighted by molar-refractivity contribution is 5.77. The van der Waals surface area contributed by atoms with E-state index in [1.165, 1.54) is 0 Å². The second-order valence-electron chi connectivity index (χ2n) is 4.26. The van der Waals surface area contributed by atoms with Gasteiger partial charge in [-0.05, 0) is 43.5 Å². The van der Waals surface area contributed by atoms with Gasteiger partial charge < -0.3 is 10.6 Å². The van der Waals surface area contributed by atoms with Gasteiger partial charge in [0.1, 0.15) is 0 Å². The molecule has 1 aromatic rings. The summed E-state index contributed by atoms with van der Waals surface area (Å²) in [5, 5.41) is 0. The molecule has 1 aromatic carbocycles. The lowest BCUT2D eigenvalue weighted by atomic mass is 10.0. The summed E-state index contributed by atoms with van der Waals surface area (Å²) in [6, 6.07) is 7.56. The fraction of sp³-hybridized carbons (Fsp3) is 0.500. The fourth-order valence-electron chi connectivity index (χ4n) is 1.74. The van der Waals surface area contributed by atoms with Gasteiger partial charge in [-0.15, -0.1) is 0 Å². The summed E-state index contributed by atoms with van der Waals surface area (Å²) < 4.78 is 0. The molecule has 4 nitrogen and oxygen atoms in total. The fourth-order valence-corrected chi connectivity index (χ4v) is 1.74. The average molecular weight is 250 g/mol. The molecule has 0 unspecified atom stereocenters.